The lowest BCUT2D eigenvalue weighted by Crippen LogP contribution is -2.36. The van der Waals surface area contributed by atoms with Crippen LogP contribution in [0.2, 0.25) is 0 Å². The molecule has 1 heterocycles. The first-order valence-corrected chi connectivity index (χ1v) is 4.00. The van der Waals surface area contributed by atoms with Crippen LogP contribution >= 0.6 is 0 Å². The van der Waals surface area contributed by atoms with Gasteiger partial charge in [0.2, 0.25) is 0 Å². The molecule has 0 saturated heterocycles. The lowest BCUT2D eigenvalue weighted by atomic mass is 10.1. The number of hydrogen-bond acceptors (Lipinski definition) is 3. The van der Waals surface area contributed by atoms with E-state index in [1.54, 1.807) is 4.68 Å². The quantitative estimate of drug-likeness (QED) is 0.674. The highest BCUT2D eigenvalue weighted by Gasteiger charge is 2.21. The number of aryl methyl sites for hydroxylation is 1. The Morgan fingerprint density at radius 3 is 2.50 bits per heavy atom. The summed E-state index contributed by atoms with van der Waals surface area (Å²) in [6.07, 6.45) is 0. The molecule has 0 aliphatic carbocycles. The second-order valence-electron chi connectivity index (χ2n) is 3.64. The smallest absolute Gasteiger partial charge is 0.122 e. The van der Waals surface area contributed by atoms with Crippen molar-refractivity contribution in [2.45, 2.75) is 26.3 Å². The predicted molar refractivity (Wildman–Crippen MR) is 49.8 cm³/mol. The number of rotatable bonds is 2. The van der Waals surface area contributed by atoms with E-state index >= 15 is 0 Å². The molecule has 0 atom stereocenters. The van der Waals surface area contributed by atoms with Crippen LogP contribution in [0.4, 0.5) is 5.82 Å². The minimum absolute atomic E-state index is 0.196. The molecule has 68 valence electrons. The SMILES string of the molecule is Cc1cc(N)n(C(C)(C)CN)n1. The van der Waals surface area contributed by atoms with Crippen LogP contribution in [0.3, 0.4) is 0 Å². The van der Waals surface area contributed by atoms with Gasteiger partial charge in [-0.25, -0.2) is 4.68 Å². The van der Waals surface area contributed by atoms with Crippen LogP contribution in [-0.2, 0) is 5.54 Å². The van der Waals surface area contributed by atoms with Crippen molar-refractivity contribution in [2.24, 2.45) is 5.73 Å². The molecule has 1 rings (SSSR count). The molecule has 0 aliphatic rings. The number of nitrogens with zero attached hydrogens (tertiary/aromatic N) is 2. The fraction of sp³-hybridized carbons (Fsp3) is 0.625. The number of nitrogen functional groups attached to an aromatic ring is 1. The summed E-state index contributed by atoms with van der Waals surface area (Å²) in [5, 5.41) is 4.26. The Hall–Kier alpha value is -1.03. The third-order valence-corrected chi connectivity index (χ3v) is 1.93. The Bertz CT molecular complexity index is 275. The monoisotopic (exact) mass is 168 g/mol. The van der Waals surface area contributed by atoms with Crippen molar-refractivity contribution in [2.75, 3.05) is 12.3 Å². The molecule has 0 unspecified atom stereocenters. The summed E-state index contributed by atoms with van der Waals surface area (Å²) in [4.78, 5) is 0. The summed E-state index contributed by atoms with van der Waals surface area (Å²) >= 11 is 0. The van der Waals surface area contributed by atoms with Crippen molar-refractivity contribution >= 4 is 5.82 Å². The molecule has 0 aliphatic heterocycles. The first-order valence-electron chi connectivity index (χ1n) is 4.00. The molecule has 0 saturated carbocycles. The van der Waals surface area contributed by atoms with Crippen LogP contribution in [0, 0.1) is 6.92 Å². The van der Waals surface area contributed by atoms with Gasteiger partial charge in [-0.1, -0.05) is 0 Å². The van der Waals surface area contributed by atoms with Crippen molar-refractivity contribution in [1.82, 2.24) is 9.78 Å². The van der Waals surface area contributed by atoms with Crippen molar-refractivity contribution in [3.05, 3.63) is 11.8 Å². The van der Waals surface area contributed by atoms with Gasteiger partial charge in [0, 0.05) is 12.6 Å². The van der Waals surface area contributed by atoms with Crippen molar-refractivity contribution < 1.29 is 0 Å². The molecule has 4 nitrogen and oxygen atoms in total. The molecule has 1 aromatic heterocycles. The Labute approximate surface area is 72.5 Å². The van der Waals surface area contributed by atoms with Gasteiger partial charge in [-0.2, -0.15) is 5.10 Å². The highest BCUT2D eigenvalue weighted by molar-refractivity contribution is 5.31. The average molecular weight is 168 g/mol. The number of aromatic nitrogens is 2. The maximum absolute atomic E-state index is 5.75. The fourth-order valence-electron chi connectivity index (χ4n) is 1.09. The van der Waals surface area contributed by atoms with Crippen LogP contribution in [0.5, 0.6) is 0 Å². The first-order chi connectivity index (χ1) is 5.47. The van der Waals surface area contributed by atoms with Crippen molar-refractivity contribution in [3.63, 3.8) is 0 Å². The largest absolute Gasteiger partial charge is 0.384 e. The third kappa shape index (κ3) is 1.43. The second kappa shape index (κ2) is 2.79. The molecule has 0 radical (unpaired) electrons. The molecule has 0 bridgehead atoms. The van der Waals surface area contributed by atoms with Crippen LogP contribution in [-0.4, -0.2) is 16.3 Å². The maximum atomic E-state index is 5.75. The number of anilines is 1. The summed E-state index contributed by atoms with van der Waals surface area (Å²) in [7, 11) is 0. The molecule has 12 heavy (non-hydrogen) atoms. The molecular weight excluding hydrogens is 152 g/mol. The number of nitrogens with two attached hydrogens (primary N) is 2. The first kappa shape index (κ1) is 9.06. The average Bonchev–Trinajstić information content (AvgIpc) is 2.31. The van der Waals surface area contributed by atoms with E-state index in [1.165, 1.54) is 0 Å². The van der Waals surface area contributed by atoms with Crippen molar-refractivity contribution in [1.29, 1.82) is 0 Å². The van der Waals surface area contributed by atoms with Crippen LogP contribution in [0.15, 0.2) is 6.07 Å². The lowest BCUT2D eigenvalue weighted by Gasteiger charge is -2.24. The minimum atomic E-state index is -0.196. The van der Waals surface area contributed by atoms with E-state index in [9.17, 15) is 0 Å². The molecule has 0 aromatic carbocycles. The van der Waals surface area contributed by atoms with E-state index in [0.29, 0.717) is 12.4 Å². The van der Waals surface area contributed by atoms with E-state index in [-0.39, 0.29) is 5.54 Å². The summed E-state index contributed by atoms with van der Waals surface area (Å²) in [6.45, 7) is 6.46. The van der Waals surface area contributed by atoms with Gasteiger partial charge in [-0.05, 0) is 20.8 Å². The van der Waals surface area contributed by atoms with E-state index in [1.807, 2.05) is 26.8 Å². The molecule has 4 heteroatoms. The van der Waals surface area contributed by atoms with Crippen molar-refractivity contribution in [3.8, 4) is 0 Å². The summed E-state index contributed by atoms with van der Waals surface area (Å²) in [5.74, 6) is 0.669. The van der Waals surface area contributed by atoms with Crippen LogP contribution in [0.25, 0.3) is 0 Å². The van der Waals surface area contributed by atoms with Gasteiger partial charge in [0.15, 0.2) is 0 Å². The topological polar surface area (TPSA) is 69.9 Å². The second-order valence-corrected chi connectivity index (χ2v) is 3.64. The standard InChI is InChI=1S/C8H16N4/c1-6-4-7(10)12(11-6)8(2,3)5-9/h4H,5,9-10H2,1-3H3. The van der Waals surface area contributed by atoms with Gasteiger partial charge in [0.05, 0.1) is 11.2 Å². The summed E-state index contributed by atoms with van der Waals surface area (Å²) < 4.78 is 1.77. The van der Waals surface area contributed by atoms with Gasteiger partial charge in [0.25, 0.3) is 0 Å². The molecule has 0 fully saturated rings. The Kier molecular flexibility index (Phi) is 2.10. The summed E-state index contributed by atoms with van der Waals surface area (Å²) in [5.41, 5.74) is 12.1. The highest BCUT2D eigenvalue weighted by Crippen LogP contribution is 2.17. The zero-order valence-electron chi connectivity index (χ0n) is 7.83. The molecular formula is C8H16N4. The van der Waals surface area contributed by atoms with E-state index in [2.05, 4.69) is 5.10 Å². The summed E-state index contributed by atoms with van der Waals surface area (Å²) in [6, 6.07) is 1.84. The molecule has 4 N–H and O–H groups in total. The van der Waals surface area contributed by atoms with Gasteiger partial charge in [0.1, 0.15) is 5.82 Å². The Morgan fingerprint density at radius 1 is 1.58 bits per heavy atom. The molecule has 0 spiro atoms. The normalized spacial score (nSPS) is 12.0. The zero-order valence-corrected chi connectivity index (χ0v) is 7.83. The van der Waals surface area contributed by atoms with Gasteiger partial charge < -0.3 is 11.5 Å². The van der Waals surface area contributed by atoms with Gasteiger partial charge in [-0.3, -0.25) is 0 Å². The Morgan fingerprint density at radius 2 is 2.17 bits per heavy atom. The fourth-order valence-corrected chi connectivity index (χ4v) is 1.09. The van der Waals surface area contributed by atoms with Crippen LogP contribution < -0.4 is 11.5 Å². The highest BCUT2D eigenvalue weighted by atomic mass is 15.4. The lowest BCUT2D eigenvalue weighted by molar-refractivity contribution is 0.334. The zero-order chi connectivity index (χ0) is 9.35. The van der Waals surface area contributed by atoms with Gasteiger partial charge >= 0.3 is 0 Å². The van der Waals surface area contributed by atoms with Gasteiger partial charge in [-0.15, -0.1) is 0 Å². The van der Waals surface area contributed by atoms with Crippen LogP contribution in [0.1, 0.15) is 19.5 Å². The Balaban J connectivity index is 3.09. The molecule has 1 aromatic rings. The van der Waals surface area contributed by atoms with E-state index in [4.69, 9.17) is 11.5 Å². The minimum Gasteiger partial charge on any atom is -0.384 e. The molecule has 0 amide bonds. The van der Waals surface area contributed by atoms with E-state index < -0.39 is 0 Å². The predicted octanol–water partition coefficient (Wildman–Crippen LogP) is 0.468. The third-order valence-electron chi connectivity index (χ3n) is 1.93. The number of hydrogen-bond donors (Lipinski definition) is 2. The maximum Gasteiger partial charge on any atom is 0.122 e. The van der Waals surface area contributed by atoms with E-state index in [0.717, 1.165) is 5.69 Å².